The van der Waals surface area contributed by atoms with Gasteiger partial charge in [-0.05, 0) is 38.1 Å². The van der Waals surface area contributed by atoms with Crippen LogP contribution in [-0.2, 0) is 0 Å². The summed E-state index contributed by atoms with van der Waals surface area (Å²) in [6.07, 6.45) is 4.60. The molecule has 4 heteroatoms. The topological polar surface area (TPSA) is 31.4 Å². The van der Waals surface area contributed by atoms with E-state index in [4.69, 9.17) is 0 Å². The van der Waals surface area contributed by atoms with E-state index in [9.17, 15) is 0 Å². The second kappa shape index (κ2) is 6.46. The molecule has 3 heterocycles. The van der Waals surface area contributed by atoms with Gasteiger partial charge in [-0.2, -0.15) is 0 Å². The van der Waals surface area contributed by atoms with E-state index >= 15 is 0 Å². The average Bonchev–Trinajstić information content (AvgIpc) is 3.01. The number of pyridine rings is 1. The molecule has 1 aromatic rings. The van der Waals surface area contributed by atoms with Crippen molar-refractivity contribution in [3.63, 3.8) is 0 Å². The predicted octanol–water partition coefficient (Wildman–Crippen LogP) is 1.12. The summed E-state index contributed by atoms with van der Waals surface area (Å²) in [5.74, 6) is 0. The van der Waals surface area contributed by atoms with E-state index in [0.29, 0.717) is 6.04 Å². The molecule has 3 rings (SSSR count). The number of hydrogen-bond donors (Lipinski definition) is 1. The molecule has 2 aliphatic rings. The van der Waals surface area contributed by atoms with Gasteiger partial charge in [-0.3, -0.25) is 14.8 Å². The number of likely N-dealkylation sites (tertiary alicyclic amines) is 1. The van der Waals surface area contributed by atoms with Gasteiger partial charge < -0.3 is 5.32 Å². The van der Waals surface area contributed by atoms with Gasteiger partial charge in [-0.25, -0.2) is 0 Å². The maximum Gasteiger partial charge on any atom is 0.0649 e. The number of nitrogens with zero attached hydrogens (tertiary/aromatic N) is 3. The number of aromatic nitrogens is 1. The SMILES string of the molecule is c1ccc(C(CN2CCNCC2)N2CCCC2)nc1. The summed E-state index contributed by atoms with van der Waals surface area (Å²) >= 11 is 0. The van der Waals surface area contributed by atoms with Crippen molar-refractivity contribution in [3.8, 4) is 0 Å². The third kappa shape index (κ3) is 3.32. The predicted molar refractivity (Wildman–Crippen MR) is 77.1 cm³/mol. The highest BCUT2D eigenvalue weighted by Gasteiger charge is 2.26. The van der Waals surface area contributed by atoms with Crippen LogP contribution in [0.1, 0.15) is 24.6 Å². The summed E-state index contributed by atoms with van der Waals surface area (Å²) in [5.41, 5.74) is 1.24. The smallest absolute Gasteiger partial charge is 0.0649 e. The van der Waals surface area contributed by atoms with E-state index in [2.05, 4.69) is 32.2 Å². The number of piperazine rings is 1. The van der Waals surface area contributed by atoms with Crippen molar-refractivity contribution < 1.29 is 0 Å². The summed E-state index contributed by atoms with van der Waals surface area (Å²) in [4.78, 5) is 9.80. The Kier molecular flexibility index (Phi) is 4.43. The Hall–Kier alpha value is -0.970. The second-order valence-corrected chi connectivity index (χ2v) is 5.56. The van der Waals surface area contributed by atoms with Crippen LogP contribution in [0.3, 0.4) is 0 Å². The lowest BCUT2D eigenvalue weighted by molar-refractivity contribution is 0.147. The van der Waals surface area contributed by atoms with Crippen molar-refractivity contribution in [3.05, 3.63) is 30.1 Å². The Morgan fingerprint density at radius 2 is 1.89 bits per heavy atom. The summed E-state index contributed by atoms with van der Waals surface area (Å²) in [7, 11) is 0. The van der Waals surface area contributed by atoms with Crippen LogP contribution in [0.4, 0.5) is 0 Å². The summed E-state index contributed by atoms with van der Waals surface area (Å²) < 4.78 is 0. The Morgan fingerprint density at radius 3 is 2.58 bits per heavy atom. The fourth-order valence-corrected chi connectivity index (χ4v) is 3.16. The van der Waals surface area contributed by atoms with Crippen LogP contribution < -0.4 is 5.32 Å². The van der Waals surface area contributed by atoms with E-state index < -0.39 is 0 Å². The molecule has 0 saturated carbocycles. The van der Waals surface area contributed by atoms with Gasteiger partial charge in [0.1, 0.15) is 0 Å². The highest BCUT2D eigenvalue weighted by molar-refractivity contribution is 5.10. The highest BCUT2D eigenvalue weighted by Crippen LogP contribution is 2.24. The lowest BCUT2D eigenvalue weighted by Gasteiger charge is -2.34. The first kappa shape index (κ1) is 13.0. The minimum absolute atomic E-state index is 0.474. The highest BCUT2D eigenvalue weighted by atomic mass is 15.3. The molecule has 0 spiro atoms. The van der Waals surface area contributed by atoms with Gasteiger partial charge in [0.25, 0.3) is 0 Å². The molecule has 0 radical (unpaired) electrons. The molecule has 0 aliphatic carbocycles. The second-order valence-electron chi connectivity index (χ2n) is 5.56. The lowest BCUT2D eigenvalue weighted by Crippen LogP contribution is -2.47. The zero-order valence-corrected chi connectivity index (χ0v) is 11.6. The maximum atomic E-state index is 4.61. The standard InChI is InChI=1S/C15H24N4/c1-2-6-17-14(5-1)15(19-9-3-4-10-19)13-18-11-7-16-8-12-18/h1-2,5-6,15-16H,3-4,7-13H2. The van der Waals surface area contributed by atoms with Crippen molar-refractivity contribution >= 4 is 0 Å². The van der Waals surface area contributed by atoms with E-state index in [-0.39, 0.29) is 0 Å². The maximum absolute atomic E-state index is 4.61. The van der Waals surface area contributed by atoms with Crippen molar-refractivity contribution in [1.82, 2.24) is 20.1 Å². The Balaban J connectivity index is 1.72. The minimum atomic E-state index is 0.474. The Labute approximate surface area is 115 Å². The van der Waals surface area contributed by atoms with Gasteiger partial charge in [0, 0.05) is 38.9 Å². The van der Waals surface area contributed by atoms with Crippen molar-refractivity contribution in [1.29, 1.82) is 0 Å². The largest absolute Gasteiger partial charge is 0.314 e. The molecule has 19 heavy (non-hydrogen) atoms. The first-order chi connectivity index (χ1) is 9.43. The van der Waals surface area contributed by atoms with Crippen molar-refractivity contribution in [2.45, 2.75) is 18.9 Å². The van der Waals surface area contributed by atoms with E-state index in [1.54, 1.807) is 0 Å². The number of rotatable bonds is 4. The van der Waals surface area contributed by atoms with Gasteiger partial charge in [-0.1, -0.05) is 6.07 Å². The van der Waals surface area contributed by atoms with E-state index in [1.165, 1.54) is 31.6 Å². The summed E-state index contributed by atoms with van der Waals surface area (Å²) in [6.45, 7) is 8.15. The molecule has 0 aromatic carbocycles. The molecular weight excluding hydrogens is 236 g/mol. The normalized spacial score (nSPS) is 23.6. The van der Waals surface area contributed by atoms with Crippen LogP contribution in [0, 0.1) is 0 Å². The zero-order chi connectivity index (χ0) is 12.9. The van der Waals surface area contributed by atoms with Crippen molar-refractivity contribution in [2.24, 2.45) is 0 Å². The molecule has 2 aliphatic heterocycles. The van der Waals surface area contributed by atoms with Gasteiger partial charge in [0.2, 0.25) is 0 Å². The molecule has 1 unspecified atom stereocenters. The fraction of sp³-hybridized carbons (Fsp3) is 0.667. The Bertz CT molecular complexity index is 369. The third-order valence-electron chi connectivity index (χ3n) is 4.25. The molecular formula is C15H24N4. The fourth-order valence-electron chi connectivity index (χ4n) is 3.16. The van der Waals surface area contributed by atoms with Crippen LogP contribution in [0.5, 0.6) is 0 Å². The molecule has 1 aromatic heterocycles. The zero-order valence-electron chi connectivity index (χ0n) is 11.6. The van der Waals surface area contributed by atoms with Crippen LogP contribution in [0.25, 0.3) is 0 Å². The van der Waals surface area contributed by atoms with Crippen LogP contribution >= 0.6 is 0 Å². The van der Waals surface area contributed by atoms with E-state index in [1.807, 2.05) is 12.3 Å². The lowest BCUT2D eigenvalue weighted by atomic mass is 10.1. The van der Waals surface area contributed by atoms with Crippen LogP contribution in [0.15, 0.2) is 24.4 Å². The third-order valence-corrected chi connectivity index (χ3v) is 4.25. The van der Waals surface area contributed by atoms with Crippen LogP contribution in [0.2, 0.25) is 0 Å². The molecule has 2 fully saturated rings. The minimum Gasteiger partial charge on any atom is -0.314 e. The number of nitrogens with one attached hydrogen (secondary N) is 1. The molecule has 1 N–H and O–H groups in total. The van der Waals surface area contributed by atoms with Gasteiger partial charge in [0.15, 0.2) is 0 Å². The van der Waals surface area contributed by atoms with Gasteiger partial charge >= 0.3 is 0 Å². The van der Waals surface area contributed by atoms with E-state index in [0.717, 1.165) is 32.7 Å². The van der Waals surface area contributed by atoms with Gasteiger partial charge in [0.05, 0.1) is 11.7 Å². The first-order valence-corrected chi connectivity index (χ1v) is 7.51. The molecule has 104 valence electrons. The number of hydrogen-bond acceptors (Lipinski definition) is 4. The Morgan fingerprint density at radius 1 is 1.11 bits per heavy atom. The average molecular weight is 260 g/mol. The molecule has 4 nitrogen and oxygen atoms in total. The quantitative estimate of drug-likeness (QED) is 0.879. The summed E-state index contributed by atoms with van der Waals surface area (Å²) in [6, 6.07) is 6.78. The molecule has 2 saturated heterocycles. The molecule has 1 atom stereocenters. The van der Waals surface area contributed by atoms with Crippen LogP contribution in [-0.4, -0.2) is 60.6 Å². The van der Waals surface area contributed by atoms with Crippen molar-refractivity contribution in [2.75, 3.05) is 45.8 Å². The molecule has 0 bridgehead atoms. The summed E-state index contributed by atoms with van der Waals surface area (Å²) in [5, 5.41) is 3.43. The van der Waals surface area contributed by atoms with Gasteiger partial charge in [-0.15, -0.1) is 0 Å². The first-order valence-electron chi connectivity index (χ1n) is 7.51. The molecule has 0 amide bonds. The monoisotopic (exact) mass is 260 g/mol.